The van der Waals surface area contributed by atoms with E-state index >= 15 is 0 Å². The van der Waals surface area contributed by atoms with Gasteiger partial charge in [0.05, 0.1) is 4.92 Å². The molecule has 8 heteroatoms. The Morgan fingerprint density at radius 2 is 2.31 bits per heavy atom. The zero-order valence-electron chi connectivity index (χ0n) is 8.14. The quantitative estimate of drug-likeness (QED) is 0.455. The fraction of sp³-hybridized carbons (Fsp3) is 0.250. The van der Waals surface area contributed by atoms with Gasteiger partial charge < -0.3 is 11.1 Å². The molecule has 86 valence electrons. The number of primary amides is 1. The molecule has 1 rings (SSSR count). The molecule has 0 saturated carbocycles. The zero-order chi connectivity index (χ0) is 12.1. The van der Waals surface area contributed by atoms with Crippen molar-refractivity contribution in [3.63, 3.8) is 0 Å². The summed E-state index contributed by atoms with van der Waals surface area (Å²) in [6.07, 6.45) is 0.0609. The number of pyridine rings is 1. The van der Waals surface area contributed by atoms with Crippen LogP contribution in [0.25, 0.3) is 0 Å². The van der Waals surface area contributed by atoms with Crippen LogP contribution in [-0.4, -0.2) is 22.4 Å². The summed E-state index contributed by atoms with van der Waals surface area (Å²) in [4.78, 5) is 24.3. The van der Waals surface area contributed by atoms with Crippen LogP contribution in [0.1, 0.15) is 6.42 Å². The molecule has 0 fully saturated rings. The van der Waals surface area contributed by atoms with E-state index in [1.807, 2.05) is 0 Å². The molecule has 1 heterocycles. The Balaban J connectivity index is 2.80. The average molecular weight is 245 g/mol. The highest BCUT2D eigenvalue weighted by atomic mass is 35.5. The van der Waals surface area contributed by atoms with Crippen molar-refractivity contribution in [3.05, 3.63) is 27.4 Å². The number of halogens is 1. The highest BCUT2D eigenvalue weighted by molar-refractivity contribution is 6.29. The van der Waals surface area contributed by atoms with Gasteiger partial charge in [-0.2, -0.15) is 0 Å². The molecule has 0 aliphatic heterocycles. The van der Waals surface area contributed by atoms with Gasteiger partial charge in [0.25, 0.3) is 0 Å². The second-order valence-corrected chi connectivity index (χ2v) is 3.29. The molecule has 0 saturated heterocycles. The van der Waals surface area contributed by atoms with Crippen LogP contribution in [0, 0.1) is 10.1 Å². The van der Waals surface area contributed by atoms with Gasteiger partial charge in [0.15, 0.2) is 0 Å². The molecule has 16 heavy (non-hydrogen) atoms. The van der Waals surface area contributed by atoms with E-state index < -0.39 is 10.8 Å². The monoisotopic (exact) mass is 244 g/mol. The number of rotatable bonds is 5. The zero-order valence-corrected chi connectivity index (χ0v) is 8.90. The number of hydrogen-bond acceptors (Lipinski definition) is 5. The maximum absolute atomic E-state index is 10.6. The van der Waals surface area contributed by atoms with Crippen LogP contribution in [0.4, 0.5) is 11.5 Å². The minimum absolute atomic E-state index is 0.0266. The molecule has 7 nitrogen and oxygen atoms in total. The van der Waals surface area contributed by atoms with Gasteiger partial charge in [0.2, 0.25) is 11.7 Å². The summed E-state index contributed by atoms with van der Waals surface area (Å²) >= 11 is 5.60. The lowest BCUT2D eigenvalue weighted by atomic mass is 10.3. The summed E-state index contributed by atoms with van der Waals surface area (Å²) in [7, 11) is 0. The van der Waals surface area contributed by atoms with Crippen molar-refractivity contribution in [1.82, 2.24) is 4.98 Å². The maximum atomic E-state index is 10.6. The largest absolute Gasteiger partial charge is 0.370 e. The molecular weight excluding hydrogens is 236 g/mol. The SMILES string of the molecule is NC(=O)CCNc1nc(Cl)ccc1[N+](=O)[O-]. The minimum atomic E-state index is -0.587. The van der Waals surface area contributed by atoms with Crippen molar-refractivity contribution >= 4 is 29.0 Å². The number of aromatic nitrogens is 1. The number of nitro groups is 1. The van der Waals surface area contributed by atoms with Crippen LogP contribution in [0.2, 0.25) is 5.15 Å². The lowest BCUT2D eigenvalue weighted by Crippen LogP contribution is -2.16. The Morgan fingerprint density at radius 3 is 2.88 bits per heavy atom. The van der Waals surface area contributed by atoms with E-state index in [-0.39, 0.29) is 29.6 Å². The number of amides is 1. The lowest BCUT2D eigenvalue weighted by Gasteiger charge is -2.04. The van der Waals surface area contributed by atoms with Gasteiger partial charge in [-0.25, -0.2) is 4.98 Å². The van der Waals surface area contributed by atoms with Gasteiger partial charge in [-0.3, -0.25) is 14.9 Å². The maximum Gasteiger partial charge on any atom is 0.311 e. The minimum Gasteiger partial charge on any atom is -0.370 e. The summed E-state index contributed by atoms with van der Waals surface area (Å²) in [6.45, 7) is 0.170. The van der Waals surface area contributed by atoms with Crippen LogP contribution >= 0.6 is 11.6 Å². The molecule has 0 aliphatic rings. The molecule has 0 aliphatic carbocycles. The van der Waals surface area contributed by atoms with Crippen LogP contribution in [-0.2, 0) is 4.79 Å². The normalized spacial score (nSPS) is 9.81. The molecule has 1 aromatic heterocycles. The number of hydrogen-bond donors (Lipinski definition) is 2. The van der Waals surface area contributed by atoms with Crippen LogP contribution < -0.4 is 11.1 Å². The predicted octanol–water partition coefficient (Wildman–Crippen LogP) is 0.930. The van der Waals surface area contributed by atoms with Gasteiger partial charge in [-0.05, 0) is 6.07 Å². The summed E-state index contributed by atoms with van der Waals surface area (Å²) in [5.41, 5.74) is 4.72. The second kappa shape index (κ2) is 5.26. The molecule has 1 aromatic rings. The molecule has 0 bridgehead atoms. The fourth-order valence-corrected chi connectivity index (χ4v) is 1.16. The van der Waals surface area contributed by atoms with Gasteiger partial charge >= 0.3 is 5.69 Å². The topological polar surface area (TPSA) is 111 Å². The van der Waals surface area contributed by atoms with Crippen LogP contribution in [0.5, 0.6) is 0 Å². The van der Waals surface area contributed by atoms with E-state index in [2.05, 4.69) is 10.3 Å². The molecule has 0 aromatic carbocycles. The van der Waals surface area contributed by atoms with Gasteiger partial charge in [-0.15, -0.1) is 0 Å². The van der Waals surface area contributed by atoms with E-state index in [0.717, 1.165) is 0 Å². The Hall–Kier alpha value is -1.89. The first-order valence-electron chi connectivity index (χ1n) is 4.34. The molecular formula is C8H9ClN4O3. The lowest BCUT2D eigenvalue weighted by molar-refractivity contribution is -0.384. The number of nitrogens with zero attached hydrogens (tertiary/aromatic N) is 2. The molecule has 0 atom stereocenters. The number of nitrogens with one attached hydrogen (secondary N) is 1. The number of anilines is 1. The van der Waals surface area contributed by atoms with Gasteiger partial charge in [-0.1, -0.05) is 11.6 Å². The third kappa shape index (κ3) is 3.35. The van der Waals surface area contributed by atoms with Crippen LogP contribution in [0.15, 0.2) is 12.1 Å². The van der Waals surface area contributed by atoms with Crippen molar-refractivity contribution in [2.75, 3.05) is 11.9 Å². The van der Waals surface area contributed by atoms with Crippen LogP contribution in [0.3, 0.4) is 0 Å². The summed E-state index contributed by atoms with van der Waals surface area (Å²) in [6, 6.07) is 2.56. The Labute approximate surface area is 95.8 Å². The van der Waals surface area contributed by atoms with E-state index in [9.17, 15) is 14.9 Å². The van der Waals surface area contributed by atoms with Crippen molar-refractivity contribution in [2.45, 2.75) is 6.42 Å². The third-order valence-electron chi connectivity index (χ3n) is 1.70. The Kier molecular flexibility index (Phi) is 4.01. The molecule has 1 amide bonds. The highest BCUT2D eigenvalue weighted by Gasteiger charge is 2.15. The van der Waals surface area contributed by atoms with E-state index in [4.69, 9.17) is 17.3 Å². The first-order chi connectivity index (χ1) is 7.50. The second-order valence-electron chi connectivity index (χ2n) is 2.90. The Morgan fingerprint density at radius 1 is 1.62 bits per heavy atom. The Bertz CT molecular complexity index is 424. The van der Waals surface area contributed by atoms with E-state index in [0.29, 0.717) is 0 Å². The highest BCUT2D eigenvalue weighted by Crippen LogP contribution is 2.23. The van der Waals surface area contributed by atoms with Gasteiger partial charge in [0.1, 0.15) is 5.15 Å². The summed E-state index contributed by atoms with van der Waals surface area (Å²) in [5.74, 6) is -0.476. The number of carbonyl (C=O) groups excluding carboxylic acids is 1. The molecule has 0 unspecified atom stereocenters. The average Bonchev–Trinajstić information content (AvgIpc) is 2.16. The first kappa shape index (κ1) is 12.2. The molecule has 3 N–H and O–H groups in total. The van der Waals surface area contributed by atoms with Crippen molar-refractivity contribution in [1.29, 1.82) is 0 Å². The standard InChI is InChI=1S/C8H9ClN4O3/c9-6-2-1-5(13(15)16)8(12-6)11-4-3-7(10)14/h1-2H,3-4H2,(H2,10,14)(H,11,12). The van der Waals surface area contributed by atoms with Gasteiger partial charge in [0, 0.05) is 19.0 Å². The smallest absolute Gasteiger partial charge is 0.311 e. The number of nitrogens with two attached hydrogens (primary N) is 1. The fourth-order valence-electron chi connectivity index (χ4n) is 1.01. The third-order valence-corrected chi connectivity index (χ3v) is 1.91. The first-order valence-corrected chi connectivity index (χ1v) is 4.71. The van der Waals surface area contributed by atoms with E-state index in [1.165, 1.54) is 12.1 Å². The van der Waals surface area contributed by atoms with E-state index in [1.54, 1.807) is 0 Å². The molecule has 0 radical (unpaired) electrons. The van der Waals surface area contributed by atoms with Crippen molar-refractivity contribution in [3.8, 4) is 0 Å². The summed E-state index contributed by atoms with van der Waals surface area (Å²) < 4.78 is 0. The molecule has 0 spiro atoms. The summed E-state index contributed by atoms with van der Waals surface area (Å²) in [5, 5.41) is 13.4. The predicted molar refractivity (Wildman–Crippen MR) is 58.2 cm³/mol. The van der Waals surface area contributed by atoms with Crippen molar-refractivity contribution in [2.24, 2.45) is 5.73 Å². The number of carbonyl (C=O) groups is 1. The van der Waals surface area contributed by atoms with Crippen molar-refractivity contribution < 1.29 is 9.72 Å².